The standard InChI is InChI=1S/C14H17N3O/c1-14(2)7-11(14)12-16-13(18-17-12)10-5-3-4-9(6-10)8-15/h3-6,11H,7-8,15H2,1-2H3. The van der Waals surface area contributed by atoms with E-state index in [4.69, 9.17) is 10.3 Å². The molecule has 1 aliphatic rings. The third kappa shape index (κ3) is 1.93. The number of benzene rings is 1. The lowest BCUT2D eigenvalue weighted by Gasteiger charge is -1.98. The number of hydrogen-bond acceptors (Lipinski definition) is 4. The Morgan fingerprint density at radius 1 is 1.44 bits per heavy atom. The molecule has 18 heavy (non-hydrogen) atoms. The molecule has 1 aromatic heterocycles. The van der Waals surface area contributed by atoms with E-state index in [1.54, 1.807) is 0 Å². The molecule has 0 amide bonds. The molecule has 0 aliphatic heterocycles. The minimum atomic E-state index is 0.320. The van der Waals surface area contributed by atoms with Crippen molar-refractivity contribution in [1.29, 1.82) is 0 Å². The minimum absolute atomic E-state index is 0.320. The van der Waals surface area contributed by atoms with Gasteiger partial charge in [0.25, 0.3) is 5.89 Å². The zero-order valence-corrected chi connectivity index (χ0v) is 10.7. The van der Waals surface area contributed by atoms with Gasteiger partial charge in [-0.3, -0.25) is 0 Å². The van der Waals surface area contributed by atoms with Crippen molar-refractivity contribution >= 4 is 0 Å². The summed E-state index contributed by atoms with van der Waals surface area (Å²) in [6.07, 6.45) is 1.13. The van der Waals surface area contributed by atoms with E-state index in [9.17, 15) is 0 Å². The van der Waals surface area contributed by atoms with Crippen molar-refractivity contribution in [3.05, 3.63) is 35.7 Å². The zero-order chi connectivity index (χ0) is 12.8. The fourth-order valence-corrected chi connectivity index (χ4v) is 2.23. The minimum Gasteiger partial charge on any atom is -0.334 e. The lowest BCUT2D eigenvalue weighted by atomic mass is 10.1. The predicted octanol–water partition coefficient (Wildman–Crippen LogP) is 2.71. The van der Waals surface area contributed by atoms with E-state index in [1.165, 1.54) is 0 Å². The third-order valence-corrected chi connectivity index (χ3v) is 3.68. The first-order valence-electron chi connectivity index (χ1n) is 6.23. The van der Waals surface area contributed by atoms with Crippen LogP contribution in [0.1, 0.15) is 37.6 Å². The molecule has 1 heterocycles. The molecule has 0 radical (unpaired) electrons. The first kappa shape index (κ1) is 11.4. The van der Waals surface area contributed by atoms with Gasteiger partial charge in [-0.1, -0.05) is 31.1 Å². The molecule has 1 saturated carbocycles. The highest BCUT2D eigenvalue weighted by molar-refractivity contribution is 5.54. The fourth-order valence-electron chi connectivity index (χ4n) is 2.23. The molecule has 3 rings (SSSR count). The third-order valence-electron chi connectivity index (χ3n) is 3.68. The Morgan fingerprint density at radius 3 is 2.89 bits per heavy atom. The SMILES string of the molecule is CC1(C)CC1c1noc(-c2cccc(CN)c2)n1. The second kappa shape index (κ2) is 3.92. The highest BCUT2D eigenvalue weighted by Crippen LogP contribution is 2.57. The molecule has 0 saturated heterocycles. The van der Waals surface area contributed by atoms with Gasteiger partial charge < -0.3 is 10.3 Å². The molecule has 1 fully saturated rings. The summed E-state index contributed by atoms with van der Waals surface area (Å²) in [5.41, 5.74) is 7.96. The molecule has 2 aromatic rings. The maximum Gasteiger partial charge on any atom is 0.257 e. The summed E-state index contributed by atoms with van der Waals surface area (Å²) in [4.78, 5) is 4.49. The first-order chi connectivity index (χ1) is 8.60. The van der Waals surface area contributed by atoms with Gasteiger partial charge >= 0.3 is 0 Å². The Bertz CT molecular complexity index is 574. The Kier molecular flexibility index (Phi) is 2.48. The van der Waals surface area contributed by atoms with E-state index in [0.29, 0.717) is 23.8 Å². The molecule has 1 unspecified atom stereocenters. The van der Waals surface area contributed by atoms with E-state index in [0.717, 1.165) is 23.4 Å². The summed E-state index contributed by atoms with van der Waals surface area (Å²) in [6, 6.07) is 7.91. The van der Waals surface area contributed by atoms with Gasteiger partial charge in [-0.2, -0.15) is 4.98 Å². The van der Waals surface area contributed by atoms with Gasteiger partial charge in [-0.15, -0.1) is 0 Å². The van der Waals surface area contributed by atoms with E-state index >= 15 is 0 Å². The average Bonchev–Trinajstić information content (AvgIpc) is 2.81. The van der Waals surface area contributed by atoms with Crippen molar-refractivity contribution in [2.24, 2.45) is 11.1 Å². The predicted molar refractivity (Wildman–Crippen MR) is 68.8 cm³/mol. The Morgan fingerprint density at radius 2 is 2.22 bits per heavy atom. The molecular formula is C14H17N3O. The molecule has 1 atom stereocenters. The van der Waals surface area contributed by atoms with Crippen LogP contribution in [0.2, 0.25) is 0 Å². The highest BCUT2D eigenvalue weighted by atomic mass is 16.5. The fraction of sp³-hybridized carbons (Fsp3) is 0.429. The maximum absolute atomic E-state index is 5.63. The van der Waals surface area contributed by atoms with Gasteiger partial charge in [0, 0.05) is 18.0 Å². The summed E-state index contributed by atoms with van der Waals surface area (Å²) >= 11 is 0. The van der Waals surface area contributed by atoms with E-state index in [-0.39, 0.29) is 0 Å². The summed E-state index contributed by atoms with van der Waals surface area (Å²) in [6.45, 7) is 4.97. The zero-order valence-electron chi connectivity index (χ0n) is 10.7. The highest BCUT2D eigenvalue weighted by Gasteiger charge is 2.49. The Labute approximate surface area is 106 Å². The maximum atomic E-state index is 5.63. The lowest BCUT2D eigenvalue weighted by molar-refractivity contribution is 0.419. The van der Waals surface area contributed by atoms with Gasteiger partial charge in [0.2, 0.25) is 0 Å². The second-order valence-corrected chi connectivity index (χ2v) is 5.61. The molecule has 1 aromatic carbocycles. The average molecular weight is 243 g/mol. The number of aromatic nitrogens is 2. The van der Waals surface area contributed by atoms with Crippen molar-refractivity contribution in [2.75, 3.05) is 0 Å². The van der Waals surface area contributed by atoms with Crippen LogP contribution < -0.4 is 5.73 Å². The van der Waals surface area contributed by atoms with E-state index in [2.05, 4.69) is 24.0 Å². The quantitative estimate of drug-likeness (QED) is 0.900. The second-order valence-electron chi connectivity index (χ2n) is 5.61. The van der Waals surface area contributed by atoms with Gasteiger partial charge in [0.05, 0.1) is 0 Å². The molecule has 0 spiro atoms. The van der Waals surface area contributed by atoms with Crippen LogP contribution in [-0.4, -0.2) is 10.1 Å². The number of nitrogens with zero attached hydrogens (tertiary/aromatic N) is 2. The molecule has 0 bridgehead atoms. The summed E-state index contributed by atoms with van der Waals surface area (Å²) in [7, 11) is 0. The van der Waals surface area contributed by atoms with Crippen molar-refractivity contribution in [1.82, 2.24) is 10.1 Å². The van der Waals surface area contributed by atoms with Crippen LogP contribution in [0, 0.1) is 5.41 Å². The molecule has 4 nitrogen and oxygen atoms in total. The van der Waals surface area contributed by atoms with Crippen LogP contribution >= 0.6 is 0 Å². The van der Waals surface area contributed by atoms with E-state index in [1.807, 2.05) is 24.3 Å². The molecule has 4 heteroatoms. The molecule has 1 aliphatic carbocycles. The number of hydrogen-bond donors (Lipinski definition) is 1. The van der Waals surface area contributed by atoms with Gasteiger partial charge in [-0.05, 0) is 29.5 Å². The van der Waals surface area contributed by atoms with Gasteiger partial charge in [-0.25, -0.2) is 0 Å². The monoisotopic (exact) mass is 243 g/mol. The van der Waals surface area contributed by atoms with Crippen molar-refractivity contribution in [3.8, 4) is 11.5 Å². The van der Waals surface area contributed by atoms with Crippen LogP contribution in [0.3, 0.4) is 0 Å². The molecule has 2 N–H and O–H groups in total. The first-order valence-corrected chi connectivity index (χ1v) is 6.23. The van der Waals surface area contributed by atoms with Gasteiger partial charge in [0.1, 0.15) is 0 Å². The van der Waals surface area contributed by atoms with Crippen molar-refractivity contribution < 1.29 is 4.52 Å². The molecular weight excluding hydrogens is 226 g/mol. The van der Waals surface area contributed by atoms with Gasteiger partial charge in [0.15, 0.2) is 5.82 Å². The van der Waals surface area contributed by atoms with Crippen LogP contribution in [-0.2, 0) is 6.54 Å². The van der Waals surface area contributed by atoms with Crippen LogP contribution in [0.25, 0.3) is 11.5 Å². The van der Waals surface area contributed by atoms with Crippen molar-refractivity contribution in [2.45, 2.75) is 32.7 Å². The smallest absolute Gasteiger partial charge is 0.257 e. The number of nitrogens with two attached hydrogens (primary N) is 1. The molecule has 94 valence electrons. The lowest BCUT2D eigenvalue weighted by Crippen LogP contribution is -1.96. The summed E-state index contributed by atoms with van der Waals surface area (Å²) in [5, 5.41) is 4.09. The van der Waals surface area contributed by atoms with E-state index < -0.39 is 0 Å². The summed E-state index contributed by atoms with van der Waals surface area (Å²) in [5.74, 6) is 1.85. The summed E-state index contributed by atoms with van der Waals surface area (Å²) < 4.78 is 5.34. The van der Waals surface area contributed by atoms with Crippen LogP contribution in [0.4, 0.5) is 0 Å². The number of rotatable bonds is 3. The Balaban J connectivity index is 1.89. The largest absolute Gasteiger partial charge is 0.334 e. The van der Waals surface area contributed by atoms with Crippen LogP contribution in [0.5, 0.6) is 0 Å². The topological polar surface area (TPSA) is 64.9 Å². The Hall–Kier alpha value is -1.68. The normalized spacial score (nSPS) is 20.9. The van der Waals surface area contributed by atoms with Crippen LogP contribution in [0.15, 0.2) is 28.8 Å². The van der Waals surface area contributed by atoms with Crippen molar-refractivity contribution in [3.63, 3.8) is 0 Å².